The Balaban J connectivity index is 2.39. The highest BCUT2D eigenvalue weighted by Gasteiger charge is 2.13. The summed E-state index contributed by atoms with van der Waals surface area (Å²) in [6.07, 6.45) is 0.408. The number of carbonyl (C=O) groups excluding carboxylic acids is 1. The monoisotopic (exact) mass is 253 g/mol. The van der Waals surface area contributed by atoms with E-state index in [1.807, 2.05) is 25.1 Å². The van der Waals surface area contributed by atoms with Gasteiger partial charge in [0.1, 0.15) is 17.5 Å². The fourth-order valence-corrected chi connectivity index (χ4v) is 1.39. The molecule has 2 N–H and O–H groups in total. The first kappa shape index (κ1) is 14.3. The third-order valence-corrected chi connectivity index (χ3v) is 2.32. The molecule has 0 aliphatic carbocycles. The Morgan fingerprint density at radius 1 is 1.33 bits per heavy atom. The molecule has 100 valence electrons. The standard InChI is InChI=1S/C13H19NO4/c1-3-17-10-5-4-6-11(9-10)18-8-7-12(14)13(15)16-2/h4-6,9,12H,3,7-8,14H2,1-2H3. The molecule has 0 aliphatic rings. The zero-order valence-electron chi connectivity index (χ0n) is 10.7. The van der Waals surface area contributed by atoms with Crippen LogP contribution in [0.3, 0.4) is 0 Å². The van der Waals surface area contributed by atoms with E-state index in [9.17, 15) is 4.79 Å². The molecule has 1 atom stereocenters. The van der Waals surface area contributed by atoms with Crippen molar-refractivity contribution in [2.24, 2.45) is 5.73 Å². The molecular formula is C13H19NO4. The lowest BCUT2D eigenvalue weighted by atomic mass is 10.2. The summed E-state index contributed by atoms with van der Waals surface area (Å²) >= 11 is 0. The van der Waals surface area contributed by atoms with Crippen molar-refractivity contribution in [3.63, 3.8) is 0 Å². The van der Waals surface area contributed by atoms with E-state index in [1.54, 1.807) is 6.07 Å². The first-order chi connectivity index (χ1) is 8.67. The van der Waals surface area contributed by atoms with Crippen molar-refractivity contribution in [2.75, 3.05) is 20.3 Å². The number of methoxy groups -OCH3 is 1. The van der Waals surface area contributed by atoms with Gasteiger partial charge in [0, 0.05) is 12.5 Å². The van der Waals surface area contributed by atoms with E-state index in [0.717, 1.165) is 5.75 Å². The molecule has 5 nitrogen and oxygen atoms in total. The quantitative estimate of drug-likeness (QED) is 0.743. The molecule has 0 heterocycles. The Bertz CT molecular complexity index is 381. The lowest BCUT2D eigenvalue weighted by Gasteiger charge is -2.11. The fraction of sp³-hybridized carbons (Fsp3) is 0.462. The Kier molecular flexibility index (Phi) is 6.00. The van der Waals surface area contributed by atoms with Crippen LogP contribution in [0.15, 0.2) is 24.3 Å². The van der Waals surface area contributed by atoms with Gasteiger partial charge in [0.2, 0.25) is 0 Å². The summed E-state index contributed by atoms with van der Waals surface area (Å²) in [7, 11) is 1.31. The lowest BCUT2D eigenvalue weighted by molar-refractivity contribution is -0.142. The van der Waals surface area contributed by atoms with Crippen LogP contribution in [0.1, 0.15) is 13.3 Å². The summed E-state index contributed by atoms with van der Waals surface area (Å²) in [5, 5.41) is 0. The van der Waals surface area contributed by atoms with Crippen molar-refractivity contribution >= 4 is 5.97 Å². The van der Waals surface area contributed by atoms with Gasteiger partial charge in [-0.3, -0.25) is 4.79 Å². The predicted molar refractivity (Wildman–Crippen MR) is 67.7 cm³/mol. The van der Waals surface area contributed by atoms with Crippen LogP contribution >= 0.6 is 0 Å². The van der Waals surface area contributed by atoms with Crippen LogP contribution in [0.25, 0.3) is 0 Å². The van der Waals surface area contributed by atoms with Gasteiger partial charge in [-0.2, -0.15) is 0 Å². The molecule has 0 aromatic heterocycles. The van der Waals surface area contributed by atoms with E-state index in [1.165, 1.54) is 7.11 Å². The van der Waals surface area contributed by atoms with E-state index in [-0.39, 0.29) is 0 Å². The van der Waals surface area contributed by atoms with Crippen LogP contribution in [-0.2, 0) is 9.53 Å². The van der Waals surface area contributed by atoms with Crippen molar-refractivity contribution in [1.82, 2.24) is 0 Å². The normalized spacial score (nSPS) is 11.7. The topological polar surface area (TPSA) is 70.8 Å². The van der Waals surface area contributed by atoms with E-state index >= 15 is 0 Å². The Morgan fingerprint density at radius 2 is 2.00 bits per heavy atom. The second-order valence-electron chi connectivity index (χ2n) is 3.67. The largest absolute Gasteiger partial charge is 0.494 e. The zero-order valence-corrected chi connectivity index (χ0v) is 10.7. The third-order valence-electron chi connectivity index (χ3n) is 2.32. The lowest BCUT2D eigenvalue weighted by Crippen LogP contribution is -2.33. The van der Waals surface area contributed by atoms with Gasteiger partial charge in [-0.25, -0.2) is 0 Å². The van der Waals surface area contributed by atoms with Gasteiger partial charge in [-0.1, -0.05) is 6.07 Å². The second kappa shape index (κ2) is 7.55. The van der Waals surface area contributed by atoms with Crippen LogP contribution in [0, 0.1) is 0 Å². The molecule has 0 saturated carbocycles. The molecule has 1 unspecified atom stereocenters. The summed E-state index contributed by atoms with van der Waals surface area (Å²) in [6.45, 7) is 2.88. The maximum atomic E-state index is 11.1. The summed E-state index contributed by atoms with van der Waals surface area (Å²) < 4.78 is 15.4. The van der Waals surface area contributed by atoms with Crippen LogP contribution < -0.4 is 15.2 Å². The molecule has 0 spiro atoms. The van der Waals surface area contributed by atoms with E-state index < -0.39 is 12.0 Å². The number of ether oxygens (including phenoxy) is 3. The molecule has 1 aromatic rings. The first-order valence-corrected chi connectivity index (χ1v) is 5.86. The van der Waals surface area contributed by atoms with Gasteiger partial charge in [0.15, 0.2) is 0 Å². The summed E-state index contributed by atoms with van der Waals surface area (Å²) in [4.78, 5) is 11.1. The first-order valence-electron chi connectivity index (χ1n) is 5.86. The molecule has 0 radical (unpaired) electrons. The van der Waals surface area contributed by atoms with Gasteiger partial charge in [0.25, 0.3) is 0 Å². The minimum Gasteiger partial charge on any atom is -0.494 e. The average Bonchev–Trinajstić information content (AvgIpc) is 2.38. The number of rotatable bonds is 7. The molecule has 0 aliphatic heterocycles. The maximum absolute atomic E-state index is 11.1. The van der Waals surface area contributed by atoms with Gasteiger partial charge in [-0.15, -0.1) is 0 Å². The zero-order chi connectivity index (χ0) is 13.4. The smallest absolute Gasteiger partial charge is 0.322 e. The number of hydrogen-bond acceptors (Lipinski definition) is 5. The molecule has 0 bridgehead atoms. The van der Waals surface area contributed by atoms with Crippen LogP contribution in [0.4, 0.5) is 0 Å². The van der Waals surface area contributed by atoms with Crippen molar-refractivity contribution in [1.29, 1.82) is 0 Å². The van der Waals surface area contributed by atoms with Gasteiger partial charge < -0.3 is 19.9 Å². The minimum absolute atomic E-state index is 0.353. The predicted octanol–water partition coefficient (Wildman–Crippen LogP) is 1.35. The number of carbonyl (C=O) groups is 1. The van der Waals surface area contributed by atoms with Crippen molar-refractivity contribution in [3.05, 3.63) is 24.3 Å². The molecule has 1 rings (SSSR count). The van der Waals surface area contributed by atoms with E-state index in [2.05, 4.69) is 4.74 Å². The molecule has 0 saturated heterocycles. The highest BCUT2D eigenvalue weighted by atomic mass is 16.5. The number of hydrogen-bond donors (Lipinski definition) is 1. The highest BCUT2D eigenvalue weighted by Crippen LogP contribution is 2.19. The summed E-state index contributed by atoms with van der Waals surface area (Å²) in [5.41, 5.74) is 5.59. The number of nitrogens with two attached hydrogens (primary N) is 1. The third kappa shape index (κ3) is 4.63. The highest BCUT2D eigenvalue weighted by molar-refractivity contribution is 5.75. The summed E-state index contributed by atoms with van der Waals surface area (Å²) in [6, 6.07) is 6.68. The van der Waals surface area contributed by atoms with Crippen molar-refractivity contribution < 1.29 is 19.0 Å². The fourth-order valence-electron chi connectivity index (χ4n) is 1.39. The van der Waals surface area contributed by atoms with Crippen molar-refractivity contribution in [2.45, 2.75) is 19.4 Å². The van der Waals surface area contributed by atoms with Crippen LogP contribution in [0.5, 0.6) is 11.5 Å². The van der Waals surface area contributed by atoms with Crippen molar-refractivity contribution in [3.8, 4) is 11.5 Å². The summed E-state index contributed by atoms with van der Waals surface area (Å²) in [5.74, 6) is 1.02. The van der Waals surface area contributed by atoms with Gasteiger partial charge in [-0.05, 0) is 19.1 Å². The van der Waals surface area contributed by atoms with Crippen LogP contribution in [0.2, 0.25) is 0 Å². The Morgan fingerprint density at radius 3 is 2.61 bits per heavy atom. The molecule has 0 amide bonds. The molecule has 0 fully saturated rings. The van der Waals surface area contributed by atoms with Crippen LogP contribution in [-0.4, -0.2) is 32.3 Å². The molecular weight excluding hydrogens is 234 g/mol. The SMILES string of the molecule is CCOc1cccc(OCCC(N)C(=O)OC)c1. The average molecular weight is 253 g/mol. The van der Waals surface area contributed by atoms with Gasteiger partial charge in [0.05, 0.1) is 20.3 Å². The van der Waals surface area contributed by atoms with E-state index in [4.69, 9.17) is 15.2 Å². The second-order valence-corrected chi connectivity index (χ2v) is 3.67. The Labute approximate surface area is 107 Å². The maximum Gasteiger partial charge on any atom is 0.322 e. The number of esters is 1. The van der Waals surface area contributed by atoms with E-state index in [0.29, 0.717) is 25.4 Å². The molecule has 5 heteroatoms. The molecule has 18 heavy (non-hydrogen) atoms. The minimum atomic E-state index is -0.648. The van der Waals surface area contributed by atoms with Gasteiger partial charge >= 0.3 is 5.97 Å². The number of benzene rings is 1. The Hall–Kier alpha value is -1.75. The molecule has 1 aromatic carbocycles.